The highest BCUT2D eigenvalue weighted by Gasteiger charge is 2.20. The Labute approximate surface area is 120 Å². The van der Waals surface area contributed by atoms with E-state index in [1.54, 1.807) is 12.1 Å². The maximum Gasteiger partial charge on any atom is 0.227 e. The SMILES string of the molecule is CCCN(CC1CCCN1)C(=O)Cc1ccc(O)cc1. The van der Waals surface area contributed by atoms with Crippen molar-refractivity contribution in [3.63, 3.8) is 0 Å². The second-order valence-corrected chi connectivity index (χ2v) is 5.48. The summed E-state index contributed by atoms with van der Waals surface area (Å²) >= 11 is 0. The quantitative estimate of drug-likeness (QED) is 0.834. The molecule has 4 nitrogen and oxygen atoms in total. The average molecular weight is 276 g/mol. The minimum Gasteiger partial charge on any atom is -0.508 e. The van der Waals surface area contributed by atoms with E-state index in [1.165, 1.54) is 6.42 Å². The highest BCUT2D eigenvalue weighted by atomic mass is 16.3. The minimum atomic E-state index is 0.172. The number of aromatic hydroxyl groups is 1. The van der Waals surface area contributed by atoms with Crippen LogP contribution in [0.2, 0.25) is 0 Å². The number of carbonyl (C=O) groups excluding carboxylic acids is 1. The van der Waals surface area contributed by atoms with Gasteiger partial charge in [0, 0.05) is 19.1 Å². The van der Waals surface area contributed by atoms with Crippen molar-refractivity contribution in [3.05, 3.63) is 29.8 Å². The molecule has 20 heavy (non-hydrogen) atoms. The third kappa shape index (κ3) is 4.23. The Kier molecular flexibility index (Phi) is 5.41. The molecule has 1 aromatic rings. The van der Waals surface area contributed by atoms with E-state index in [0.29, 0.717) is 12.5 Å². The summed E-state index contributed by atoms with van der Waals surface area (Å²) < 4.78 is 0. The standard InChI is InChI=1S/C16H24N2O2/c1-2-10-18(12-14-4-3-9-17-14)16(20)11-13-5-7-15(19)8-6-13/h5-8,14,17,19H,2-4,9-12H2,1H3. The minimum absolute atomic E-state index is 0.172. The zero-order valence-electron chi connectivity index (χ0n) is 12.1. The van der Waals surface area contributed by atoms with Gasteiger partial charge in [-0.3, -0.25) is 4.79 Å². The molecule has 0 saturated carbocycles. The van der Waals surface area contributed by atoms with E-state index in [4.69, 9.17) is 0 Å². The number of nitrogens with one attached hydrogen (secondary N) is 1. The van der Waals surface area contributed by atoms with E-state index in [0.717, 1.165) is 38.0 Å². The van der Waals surface area contributed by atoms with Crippen molar-refractivity contribution in [3.8, 4) is 5.75 Å². The molecule has 1 saturated heterocycles. The number of carbonyl (C=O) groups is 1. The predicted molar refractivity (Wildman–Crippen MR) is 79.7 cm³/mol. The molecular formula is C16H24N2O2. The fourth-order valence-corrected chi connectivity index (χ4v) is 2.67. The normalized spacial score (nSPS) is 18.1. The number of rotatable bonds is 6. The number of hydrogen-bond donors (Lipinski definition) is 2. The number of phenolic OH excluding ortho intramolecular Hbond substituents is 1. The maximum absolute atomic E-state index is 12.4. The molecule has 4 heteroatoms. The van der Waals surface area contributed by atoms with E-state index < -0.39 is 0 Å². The Morgan fingerprint density at radius 3 is 2.75 bits per heavy atom. The van der Waals surface area contributed by atoms with Crippen LogP contribution >= 0.6 is 0 Å². The van der Waals surface area contributed by atoms with Crippen LogP contribution in [0.3, 0.4) is 0 Å². The Bertz CT molecular complexity index is 425. The van der Waals surface area contributed by atoms with Crippen LogP contribution in [0.1, 0.15) is 31.7 Å². The Balaban J connectivity index is 1.93. The van der Waals surface area contributed by atoms with E-state index in [1.807, 2.05) is 17.0 Å². The van der Waals surface area contributed by atoms with Crippen molar-refractivity contribution in [1.29, 1.82) is 0 Å². The number of amides is 1. The zero-order valence-corrected chi connectivity index (χ0v) is 12.1. The van der Waals surface area contributed by atoms with E-state index >= 15 is 0 Å². The van der Waals surface area contributed by atoms with Crippen molar-refractivity contribution in [2.45, 2.75) is 38.6 Å². The molecule has 110 valence electrons. The molecule has 1 atom stereocenters. The lowest BCUT2D eigenvalue weighted by Gasteiger charge is -2.25. The van der Waals surface area contributed by atoms with Gasteiger partial charge in [-0.05, 0) is 43.5 Å². The highest BCUT2D eigenvalue weighted by molar-refractivity contribution is 5.78. The molecule has 1 aliphatic rings. The van der Waals surface area contributed by atoms with Crippen molar-refractivity contribution >= 4 is 5.91 Å². The van der Waals surface area contributed by atoms with Crippen molar-refractivity contribution in [2.24, 2.45) is 0 Å². The summed E-state index contributed by atoms with van der Waals surface area (Å²) in [6, 6.07) is 7.33. The third-order valence-electron chi connectivity index (χ3n) is 3.74. The molecule has 1 aromatic carbocycles. The lowest BCUT2D eigenvalue weighted by atomic mass is 10.1. The molecule has 1 unspecified atom stereocenters. The van der Waals surface area contributed by atoms with Gasteiger partial charge in [-0.2, -0.15) is 0 Å². The predicted octanol–water partition coefficient (Wildman–Crippen LogP) is 1.93. The van der Waals surface area contributed by atoms with Gasteiger partial charge >= 0.3 is 0 Å². The second kappa shape index (κ2) is 7.29. The number of hydrogen-bond acceptors (Lipinski definition) is 3. The van der Waals surface area contributed by atoms with Gasteiger partial charge in [0.05, 0.1) is 6.42 Å². The maximum atomic E-state index is 12.4. The van der Waals surface area contributed by atoms with E-state index in [9.17, 15) is 9.90 Å². The van der Waals surface area contributed by atoms with Crippen LogP contribution in [-0.2, 0) is 11.2 Å². The summed E-state index contributed by atoms with van der Waals surface area (Å²) in [6.45, 7) is 4.79. The Hall–Kier alpha value is -1.55. The molecule has 0 aliphatic carbocycles. The smallest absolute Gasteiger partial charge is 0.227 e. The number of phenols is 1. The van der Waals surface area contributed by atoms with Crippen molar-refractivity contribution in [2.75, 3.05) is 19.6 Å². The molecule has 2 N–H and O–H groups in total. The Morgan fingerprint density at radius 1 is 1.40 bits per heavy atom. The summed E-state index contributed by atoms with van der Waals surface area (Å²) in [5.41, 5.74) is 0.952. The second-order valence-electron chi connectivity index (χ2n) is 5.48. The Morgan fingerprint density at radius 2 is 2.15 bits per heavy atom. The first kappa shape index (κ1) is 14.9. The van der Waals surface area contributed by atoms with E-state index in [2.05, 4.69) is 12.2 Å². The summed E-state index contributed by atoms with van der Waals surface area (Å²) in [4.78, 5) is 14.4. The summed E-state index contributed by atoms with van der Waals surface area (Å²) in [5, 5.41) is 12.7. The van der Waals surface area contributed by atoms with Crippen LogP contribution < -0.4 is 5.32 Å². The van der Waals surface area contributed by atoms with Crippen LogP contribution in [0.15, 0.2) is 24.3 Å². The average Bonchev–Trinajstić information content (AvgIpc) is 2.94. The van der Waals surface area contributed by atoms with Crippen molar-refractivity contribution < 1.29 is 9.90 Å². The number of benzene rings is 1. The molecule has 0 spiro atoms. The molecular weight excluding hydrogens is 252 g/mol. The van der Waals surface area contributed by atoms with Gasteiger partial charge in [-0.15, -0.1) is 0 Å². The molecule has 1 heterocycles. The zero-order chi connectivity index (χ0) is 14.4. The van der Waals surface area contributed by atoms with Crippen LogP contribution in [0.25, 0.3) is 0 Å². The highest BCUT2D eigenvalue weighted by Crippen LogP contribution is 2.13. The first-order chi connectivity index (χ1) is 9.69. The first-order valence-corrected chi connectivity index (χ1v) is 7.48. The molecule has 1 fully saturated rings. The van der Waals surface area contributed by atoms with Crippen LogP contribution in [0.4, 0.5) is 0 Å². The van der Waals surface area contributed by atoms with Gasteiger partial charge in [-0.1, -0.05) is 19.1 Å². The van der Waals surface area contributed by atoms with Gasteiger partial charge in [0.2, 0.25) is 5.91 Å². The molecule has 0 aromatic heterocycles. The van der Waals surface area contributed by atoms with Gasteiger partial charge in [0.15, 0.2) is 0 Å². The fourth-order valence-electron chi connectivity index (χ4n) is 2.67. The van der Waals surface area contributed by atoms with Gasteiger partial charge < -0.3 is 15.3 Å². The number of nitrogens with zero attached hydrogens (tertiary/aromatic N) is 1. The fraction of sp³-hybridized carbons (Fsp3) is 0.562. The third-order valence-corrected chi connectivity index (χ3v) is 3.74. The van der Waals surface area contributed by atoms with Crippen LogP contribution in [0.5, 0.6) is 5.75 Å². The molecule has 0 bridgehead atoms. The molecule has 1 amide bonds. The molecule has 1 aliphatic heterocycles. The van der Waals surface area contributed by atoms with Gasteiger partial charge in [0.1, 0.15) is 5.75 Å². The topological polar surface area (TPSA) is 52.6 Å². The first-order valence-electron chi connectivity index (χ1n) is 7.48. The van der Waals surface area contributed by atoms with Crippen LogP contribution in [0, 0.1) is 0 Å². The summed E-state index contributed by atoms with van der Waals surface area (Å²) in [5.74, 6) is 0.410. The monoisotopic (exact) mass is 276 g/mol. The van der Waals surface area contributed by atoms with Gasteiger partial charge in [-0.25, -0.2) is 0 Å². The molecule has 2 rings (SSSR count). The van der Waals surface area contributed by atoms with Crippen molar-refractivity contribution in [1.82, 2.24) is 10.2 Å². The van der Waals surface area contributed by atoms with E-state index in [-0.39, 0.29) is 11.7 Å². The molecule has 0 radical (unpaired) electrons. The summed E-state index contributed by atoms with van der Waals surface area (Å²) in [7, 11) is 0. The van der Waals surface area contributed by atoms with Gasteiger partial charge in [0.25, 0.3) is 0 Å². The lowest BCUT2D eigenvalue weighted by Crippen LogP contribution is -2.42. The lowest BCUT2D eigenvalue weighted by molar-refractivity contribution is -0.130. The summed E-state index contributed by atoms with van der Waals surface area (Å²) in [6.07, 6.45) is 3.75. The largest absolute Gasteiger partial charge is 0.508 e. The van der Waals surface area contributed by atoms with Crippen LogP contribution in [-0.4, -0.2) is 41.6 Å².